The predicted octanol–water partition coefficient (Wildman–Crippen LogP) is 6.66. The molecule has 0 radical (unpaired) electrons. The van der Waals surface area contributed by atoms with Gasteiger partial charge in [-0.05, 0) is 35.9 Å². The van der Waals surface area contributed by atoms with Gasteiger partial charge in [0.25, 0.3) is 5.91 Å². The van der Waals surface area contributed by atoms with Crippen LogP contribution in [0.25, 0.3) is 6.08 Å². The van der Waals surface area contributed by atoms with E-state index in [1.54, 1.807) is 42.6 Å². The van der Waals surface area contributed by atoms with Gasteiger partial charge >= 0.3 is 0 Å². The number of halogens is 2. The van der Waals surface area contributed by atoms with Crippen molar-refractivity contribution in [3.8, 4) is 0 Å². The fraction of sp³-hybridized carbons (Fsp3) is 0. The Labute approximate surface area is 168 Å². The van der Waals surface area contributed by atoms with Crippen LogP contribution in [0, 0.1) is 0 Å². The maximum Gasteiger partial charge on any atom is 0.255 e. The van der Waals surface area contributed by atoms with Gasteiger partial charge in [0.2, 0.25) is 0 Å². The Kier molecular flexibility index (Phi) is 6.42. The van der Waals surface area contributed by atoms with Crippen LogP contribution >= 0.6 is 23.2 Å². The standard InChI is InChI=1S/C22H16Cl2N2O/c23-18-15-21(26-22(27)17-11-5-2-6-12-17)19(24)14-20(18)25-13-7-10-16-8-3-1-4-9-16/h1-15H,(H,26,27). The molecule has 27 heavy (non-hydrogen) atoms. The van der Waals surface area contributed by atoms with Crippen molar-refractivity contribution in [2.75, 3.05) is 5.32 Å². The molecule has 0 fully saturated rings. The quantitative estimate of drug-likeness (QED) is 0.482. The van der Waals surface area contributed by atoms with Gasteiger partial charge in [-0.15, -0.1) is 0 Å². The number of aliphatic imine (C=N–C) groups is 1. The van der Waals surface area contributed by atoms with Crippen molar-refractivity contribution in [2.45, 2.75) is 0 Å². The van der Waals surface area contributed by atoms with Gasteiger partial charge in [-0.3, -0.25) is 9.79 Å². The van der Waals surface area contributed by atoms with Gasteiger partial charge in [0.1, 0.15) is 0 Å². The number of hydrogen-bond donors (Lipinski definition) is 1. The first kappa shape index (κ1) is 18.9. The summed E-state index contributed by atoms with van der Waals surface area (Å²) in [4.78, 5) is 16.6. The molecule has 0 atom stereocenters. The Bertz CT molecular complexity index is 984. The maximum atomic E-state index is 12.3. The Balaban J connectivity index is 1.72. The van der Waals surface area contributed by atoms with Crippen LogP contribution in [0.1, 0.15) is 15.9 Å². The summed E-state index contributed by atoms with van der Waals surface area (Å²) >= 11 is 12.6. The van der Waals surface area contributed by atoms with E-state index < -0.39 is 0 Å². The van der Waals surface area contributed by atoms with Crippen molar-refractivity contribution in [2.24, 2.45) is 4.99 Å². The fourth-order valence-corrected chi connectivity index (χ4v) is 2.77. The number of anilines is 1. The molecule has 0 bridgehead atoms. The molecule has 0 aliphatic carbocycles. The monoisotopic (exact) mass is 394 g/mol. The third kappa shape index (κ3) is 5.30. The summed E-state index contributed by atoms with van der Waals surface area (Å²) in [5.41, 5.74) is 2.58. The third-order valence-corrected chi connectivity index (χ3v) is 4.32. The molecular formula is C22H16Cl2N2O. The number of hydrogen-bond acceptors (Lipinski definition) is 2. The lowest BCUT2D eigenvalue weighted by atomic mass is 10.2. The van der Waals surface area contributed by atoms with Crippen molar-refractivity contribution in [3.05, 3.63) is 100 Å². The number of amides is 1. The second-order valence-electron chi connectivity index (χ2n) is 5.65. The first-order valence-electron chi connectivity index (χ1n) is 8.25. The van der Waals surface area contributed by atoms with Crippen LogP contribution in [-0.2, 0) is 0 Å². The zero-order valence-corrected chi connectivity index (χ0v) is 15.8. The topological polar surface area (TPSA) is 41.5 Å². The van der Waals surface area contributed by atoms with Gasteiger partial charge in [0, 0.05) is 11.8 Å². The third-order valence-electron chi connectivity index (χ3n) is 3.71. The van der Waals surface area contributed by atoms with Crippen LogP contribution in [0.3, 0.4) is 0 Å². The molecule has 0 aromatic heterocycles. The summed E-state index contributed by atoms with van der Waals surface area (Å²) in [6, 6.07) is 22.0. The SMILES string of the molecule is O=C(Nc1cc(Cl)c(N=CC=Cc2ccccc2)cc1Cl)c1ccccc1. The Morgan fingerprint density at radius 3 is 2.26 bits per heavy atom. The lowest BCUT2D eigenvalue weighted by Crippen LogP contribution is -2.11. The van der Waals surface area contributed by atoms with Gasteiger partial charge in [-0.25, -0.2) is 0 Å². The average molecular weight is 395 g/mol. The van der Waals surface area contributed by atoms with Crippen molar-refractivity contribution in [1.29, 1.82) is 0 Å². The Morgan fingerprint density at radius 1 is 0.889 bits per heavy atom. The van der Waals surface area contributed by atoms with E-state index in [-0.39, 0.29) is 5.91 Å². The number of carbonyl (C=O) groups excluding carboxylic acids is 1. The average Bonchev–Trinajstić information content (AvgIpc) is 2.70. The van der Waals surface area contributed by atoms with E-state index in [9.17, 15) is 4.79 Å². The van der Waals surface area contributed by atoms with Crippen LogP contribution in [0.4, 0.5) is 11.4 Å². The molecule has 0 heterocycles. The summed E-state index contributed by atoms with van der Waals surface area (Å²) in [6.45, 7) is 0. The highest BCUT2D eigenvalue weighted by atomic mass is 35.5. The number of benzene rings is 3. The van der Waals surface area contributed by atoms with Crippen molar-refractivity contribution < 1.29 is 4.79 Å². The van der Waals surface area contributed by atoms with Crippen molar-refractivity contribution >= 4 is 52.8 Å². The molecule has 0 aliphatic heterocycles. The molecule has 5 heteroatoms. The maximum absolute atomic E-state index is 12.3. The molecule has 0 saturated carbocycles. The molecule has 1 amide bonds. The van der Waals surface area contributed by atoms with Crippen LogP contribution in [0.15, 0.2) is 83.9 Å². The zero-order valence-electron chi connectivity index (χ0n) is 14.3. The molecule has 3 nitrogen and oxygen atoms in total. The van der Waals surface area contributed by atoms with Gasteiger partial charge in [-0.1, -0.05) is 77.8 Å². The normalized spacial score (nSPS) is 11.2. The molecule has 1 N–H and O–H groups in total. The zero-order chi connectivity index (χ0) is 19.1. The van der Waals surface area contributed by atoms with Gasteiger partial charge in [0.05, 0.1) is 21.4 Å². The minimum atomic E-state index is -0.254. The van der Waals surface area contributed by atoms with E-state index in [1.165, 1.54) is 0 Å². The fourth-order valence-electron chi connectivity index (χ4n) is 2.36. The molecule has 3 aromatic rings. The molecule has 134 valence electrons. The summed E-state index contributed by atoms with van der Waals surface area (Å²) in [5, 5.41) is 3.52. The summed E-state index contributed by atoms with van der Waals surface area (Å²) in [6.07, 6.45) is 5.41. The predicted molar refractivity (Wildman–Crippen MR) is 114 cm³/mol. The number of carbonyl (C=O) groups is 1. The first-order chi connectivity index (χ1) is 13.1. The van der Waals surface area contributed by atoms with E-state index >= 15 is 0 Å². The van der Waals surface area contributed by atoms with Crippen LogP contribution in [-0.4, -0.2) is 12.1 Å². The molecule has 0 unspecified atom stereocenters. The summed E-state index contributed by atoms with van der Waals surface area (Å²) in [5.74, 6) is -0.254. The van der Waals surface area contributed by atoms with Gasteiger partial charge < -0.3 is 5.32 Å². The minimum absolute atomic E-state index is 0.254. The van der Waals surface area contributed by atoms with Crippen LogP contribution < -0.4 is 5.32 Å². The summed E-state index contributed by atoms with van der Waals surface area (Å²) < 4.78 is 0. The summed E-state index contributed by atoms with van der Waals surface area (Å²) in [7, 11) is 0. The van der Waals surface area contributed by atoms with E-state index in [2.05, 4.69) is 10.3 Å². The van der Waals surface area contributed by atoms with Crippen LogP contribution in [0.5, 0.6) is 0 Å². The highest BCUT2D eigenvalue weighted by molar-refractivity contribution is 6.37. The van der Waals surface area contributed by atoms with E-state index in [1.807, 2.05) is 48.6 Å². The van der Waals surface area contributed by atoms with Crippen molar-refractivity contribution in [3.63, 3.8) is 0 Å². The van der Waals surface area contributed by atoms with Gasteiger partial charge in [-0.2, -0.15) is 0 Å². The van der Waals surface area contributed by atoms with E-state index in [0.717, 1.165) is 5.56 Å². The number of rotatable bonds is 5. The van der Waals surface area contributed by atoms with Crippen LogP contribution in [0.2, 0.25) is 10.0 Å². The molecule has 3 aromatic carbocycles. The molecule has 3 rings (SSSR count). The largest absolute Gasteiger partial charge is 0.321 e. The molecule has 0 aliphatic rings. The van der Waals surface area contributed by atoms with E-state index in [0.29, 0.717) is 27.0 Å². The first-order valence-corrected chi connectivity index (χ1v) is 9.00. The minimum Gasteiger partial charge on any atom is -0.321 e. The molecule has 0 saturated heterocycles. The number of nitrogens with one attached hydrogen (secondary N) is 1. The Morgan fingerprint density at radius 2 is 1.56 bits per heavy atom. The lowest BCUT2D eigenvalue weighted by molar-refractivity contribution is 0.102. The van der Waals surface area contributed by atoms with Crippen molar-refractivity contribution in [1.82, 2.24) is 0 Å². The lowest BCUT2D eigenvalue weighted by Gasteiger charge is -2.09. The molecule has 0 spiro atoms. The number of allylic oxidation sites excluding steroid dienone is 1. The Hall–Kier alpha value is -2.88. The smallest absolute Gasteiger partial charge is 0.255 e. The highest BCUT2D eigenvalue weighted by Crippen LogP contribution is 2.34. The second kappa shape index (κ2) is 9.17. The van der Waals surface area contributed by atoms with E-state index in [4.69, 9.17) is 23.2 Å². The van der Waals surface area contributed by atoms with Gasteiger partial charge in [0.15, 0.2) is 0 Å². The second-order valence-corrected chi connectivity index (χ2v) is 6.47. The molecular weight excluding hydrogens is 379 g/mol. The highest BCUT2D eigenvalue weighted by Gasteiger charge is 2.11. The number of nitrogens with zero attached hydrogens (tertiary/aromatic N) is 1.